The molecule has 0 aliphatic carbocycles. The van der Waals surface area contributed by atoms with Gasteiger partial charge >= 0.3 is 6.18 Å². The third-order valence-electron chi connectivity index (χ3n) is 3.00. The smallest absolute Gasteiger partial charge is 0.349 e. The van der Waals surface area contributed by atoms with Crippen LogP contribution in [0.3, 0.4) is 0 Å². The summed E-state index contributed by atoms with van der Waals surface area (Å²) in [5.74, 6) is -0.414. The Bertz CT molecular complexity index is 710. The molecule has 0 aliphatic rings. The average Bonchev–Trinajstić information content (AvgIpc) is 2.53. The largest absolute Gasteiger partial charge is 0.433 e. The molecule has 24 heavy (non-hydrogen) atoms. The molecule has 0 saturated carbocycles. The van der Waals surface area contributed by atoms with E-state index in [0.29, 0.717) is 5.02 Å². The summed E-state index contributed by atoms with van der Waals surface area (Å²) in [6.45, 7) is 1.80. The number of thioether (sulfide) groups is 1. The molecule has 0 fully saturated rings. The van der Waals surface area contributed by atoms with Crippen molar-refractivity contribution in [3.63, 3.8) is 0 Å². The van der Waals surface area contributed by atoms with Crippen molar-refractivity contribution in [2.75, 3.05) is 5.75 Å². The Morgan fingerprint density at radius 2 is 1.96 bits per heavy atom. The fourth-order valence-corrected chi connectivity index (χ4v) is 2.58. The number of amides is 1. The van der Waals surface area contributed by atoms with E-state index >= 15 is 0 Å². The lowest BCUT2D eigenvalue weighted by atomic mass is 10.1. The van der Waals surface area contributed by atoms with Crippen LogP contribution in [-0.2, 0) is 11.0 Å². The Morgan fingerprint density at radius 1 is 1.29 bits per heavy atom. The zero-order valence-electron chi connectivity index (χ0n) is 12.5. The average molecular weight is 376 g/mol. The Kier molecular flexibility index (Phi) is 6.06. The van der Waals surface area contributed by atoms with Crippen LogP contribution in [0, 0.1) is 0 Å². The van der Waals surface area contributed by atoms with Gasteiger partial charge in [-0.1, -0.05) is 35.5 Å². The summed E-state index contributed by atoms with van der Waals surface area (Å²) >= 11 is 6.64. The highest BCUT2D eigenvalue weighted by Crippen LogP contribution is 2.28. The molecule has 4 nitrogen and oxygen atoms in total. The molecule has 0 spiro atoms. The highest BCUT2D eigenvalue weighted by molar-refractivity contribution is 7.99. The van der Waals surface area contributed by atoms with E-state index in [9.17, 15) is 18.0 Å². The molecule has 0 bridgehead atoms. The summed E-state index contributed by atoms with van der Waals surface area (Å²) in [7, 11) is 0. The number of hydrogen-bond acceptors (Lipinski definition) is 4. The Balaban J connectivity index is 1.90. The maximum absolute atomic E-state index is 12.6. The first kappa shape index (κ1) is 18.5. The van der Waals surface area contributed by atoms with Crippen molar-refractivity contribution in [2.45, 2.75) is 24.3 Å². The van der Waals surface area contributed by atoms with E-state index in [1.807, 2.05) is 0 Å². The Hall–Kier alpha value is -1.80. The molecule has 0 aliphatic heterocycles. The van der Waals surface area contributed by atoms with Crippen LogP contribution in [0.4, 0.5) is 13.2 Å². The van der Waals surface area contributed by atoms with Crippen molar-refractivity contribution in [2.24, 2.45) is 0 Å². The van der Waals surface area contributed by atoms with Gasteiger partial charge in [0.05, 0.1) is 11.8 Å². The van der Waals surface area contributed by atoms with Gasteiger partial charge in [0, 0.05) is 11.2 Å². The summed E-state index contributed by atoms with van der Waals surface area (Å²) in [6, 6.07) is 7.53. The molecule has 1 atom stereocenters. The van der Waals surface area contributed by atoms with Crippen molar-refractivity contribution >= 4 is 29.3 Å². The second kappa shape index (κ2) is 7.85. The Morgan fingerprint density at radius 3 is 2.58 bits per heavy atom. The van der Waals surface area contributed by atoms with Gasteiger partial charge in [0.15, 0.2) is 5.16 Å². The molecule has 0 saturated heterocycles. The summed E-state index contributed by atoms with van der Waals surface area (Å²) in [5.41, 5.74) is -0.164. The van der Waals surface area contributed by atoms with Crippen LogP contribution in [0.1, 0.15) is 24.2 Å². The number of aromatic nitrogens is 2. The molecule has 1 amide bonds. The second-order valence-electron chi connectivity index (χ2n) is 4.85. The highest BCUT2D eigenvalue weighted by Gasteiger charge is 2.32. The number of halogens is 4. The lowest BCUT2D eigenvalue weighted by Crippen LogP contribution is -2.28. The number of nitrogens with zero attached hydrogens (tertiary/aromatic N) is 2. The molecule has 128 valence electrons. The van der Waals surface area contributed by atoms with Crippen LogP contribution in [0.5, 0.6) is 0 Å². The van der Waals surface area contributed by atoms with Crippen LogP contribution < -0.4 is 5.32 Å². The topological polar surface area (TPSA) is 54.9 Å². The van der Waals surface area contributed by atoms with E-state index in [-0.39, 0.29) is 22.9 Å². The van der Waals surface area contributed by atoms with Crippen LogP contribution in [-0.4, -0.2) is 21.6 Å². The maximum atomic E-state index is 12.6. The van der Waals surface area contributed by atoms with Gasteiger partial charge < -0.3 is 5.32 Å². The zero-order chi connectivity index (χ0) is 17.7. The molecular formula is C15H13ClF3N3OS. The second-order valence-corrected chi connectivity index (χ2v) is 6.23. The van der Waals surface area contributed by atoms with E-state index in [1.54, 1.807) is 31.2 Å². The molecule has 1 N–H and O–H groups in total. The van der Waals surface area contributed by atoms with Gasteiger partial charge in [-0.05, 0) is 30.7 Å². The van der Waals surface area contributed by atoms with Crippen molar-refractivity contribution in [3.8, 4) is 0 Å². The normalized spacial score (nSPS) is 12.7. The van der Waals surface area contributed by atoms with Crippen molar-refractivity contribution < 1.29 is 18.0 Å². The lowest BCUT2D eigenvalue weighted by Gasteiger charge is -2.14. The van der Waals surface area contributed by atoms with Gasteiger partial charge in [-0.2, -0.15) is 13.2 Å². The minimum atomic E-state index is -4.54. The molecule has 1 aromatic carbocycles. The molecule has 1 unspecified atom stereocenters. The number of rotatable bonds is 5. The number of hydrogen-bond donors (Lipinski definition) is 1. The van der Waals surface area contributed by atoms with Crippen LogP contribution in [0.2, 0.25) is 5.02 Å². The van der Waals surface area contributed by atoms with Gasteiger partial charge in [-0.25, -0.2) is 9.97 Å². The summed E-state index contributed by atoms with van der Waals surface area (Å²) in [6.07, 6.45) is -3.52. The van der Waals surface area contributed by atoms with E-state index in [0.717, 1.165) is 29.6 Å². The molecule has 0 radical (unpaired) electrons. The third kappa shape index (κ3) is 5.38. The number of carbonyl (C=O) groups is 1. The molecule has 9 heteroatoms. The van der Waals surface area contributed by atoms with Crippen LogP contribution in [0.25, 0.3) is 0 Å². The van der Waals surface area contributed by atoms with Crippen molar-refractivity contribution in [3.05, 3.63) is 52.8 Å². The summed E-state index contributed by atoms with van der Waals surface area (Å²) < 4.78 is 37.7. The molecule has 2 rings (SSSR count). The number of carbonyl (C=O) groups excluding carboxylic acids is 1. The fraction of sp³-hybridized carbons (Fsp3) is 0.267. The summed E-state index contributed by atoms with van der Waals surface area (Å²) in [5, 5.41) is 3.24. The van der Waals surface area contributed by atoms with Gasteiger partial charge in [-0.3, -0.25) is 4.79 Å². The highest BCUT2D eigenvalue weighted by atomic mass is 35.5. The summed E-state index contributed by atoms with van der Waals surface area (Å²) in [4.78, 5) is 19.0. The first-order chi connectivity index (χ1) is 11.3. The van der Waals surface area contributed by atoms with Gasteiger partial charge in [0.25, 0.3) is 0 Å². The number of alkyl halides is 3. The number of nitrogens with one attached hydrogen (secondary N) is 1. The zero-order valence-corrected chi connectivity index (χ0v) is 14.0. The molecule has 1 aromatic heterocycles. The minimum absolute atomic E-state index is 0.0841. The maximum Gasteiger partial charge on any atom is 0.433 e. The number of benzene rings is 1. The monoisotopic (exact) mass is 375 g/mol. The predicted octanol–water partition coefficient (Wildman–Crippen LogP) is 4.12. The van der Waals surface area contributed by atoms with Gasteiger partial charge in [0.2, 0.25) is 5.91 Å². The molecular weight excluding hydrogens is 363 g/mol. The van der Waals surface area contributed by atoms with Crippen molar-refractivity contribution in [1.29, 1.82) is 0 Å². The van der Waals surface area contributed by atoms with Crippen molar-refractivity contribution in [1.82, 2.24) is 15.3 Å². The molecule has 2 aromatic rings. The quantitative estimate of drug-likeness (QED) is 0.631. The SMILES string of the molecule is CC(NC(=O)CSc1nccc(C(F)(F)F)n1)c1ccc(Cl)cc1. The van der Waals surface area contributed by atoms with E-state index in [2.05, 4.69) is 15.3 Å². The lowest BCUT2D eigenvalue weighted by molar-refractivity contribution is -0.141. The minimum Gasteiger partial charge on any atom is -0.349 e. The first-order valence-corrected chi connectivity index (χ1v) is 8.20. The van der Waals surface area contributed by atoms with E-state index < -0.39 is 11.9 Å². The van der Waals surface area contributed by atoms with Crippen LogP contribution >= 0.6 is 23.4 Å². The molecule has 1 heterocycles. The standard InChI is InChI=1S/C15H13ClF3N3OS/c1-9(10-2-4-11(16)5-3-10)21-13(23)8-24-14-20-7-6-12(22-14)15(17,18)19/h2-7,9H,8H2,1H3,(H,21,23). The third-order valence-corrected chi connectivity index (χ3v) is 4.12. The first-order valence-electron chi connectivity index (χ1n) is 6.83. The van der Waals surface area contributed by atoms with E-state index in [4.69, 9.17) is 11.6 Å². The van der Waals surface area contributed by atoms with Gasteiger partial charge in [-0.15, -0.1) is 0 Å². The fourth-order valence-electron chi connectivity index (χ4n) is 1.82. The van der Waals surface area contributed by atoms with Gasteiger partial charge in [0.1, 0.15) is 5.69 Å². The predicted molar refractivity (Wildman–Crippen MR) is 85.8 cm³/mol. The van der Waals surface area contributed by atoms with E-state index in [1.165, 1.54) is 0 Å². The van der Waals surface area contributed by atoms with Crippen LogP contribution in [0.15, 0.2) is 41.7 Å². The Labute approximate surface area is 145 Å².